The van der Waals surface area contributed by atoms with Crippen LogP contribution in [0, 0.1) is 23.2 Å². The van der Waals surface area contributed by atoms with Crippen molar-refractivity contribution in [2.45, 2.75) is 117 Å². The zero-order valence-electron chi connectivity index (χ0n) is 23.3. The van der Waals surface area contributed by atoms with E-state index in [4.69, 9.17) is 9.16 Å². The van der Waals surface area contributed by atoms with Gasteiger partial charge in [0, 0.05) is 33.8 Å². The van der Waals surface area contributed by atoms with Crippen LogP contribution in [0.3, 0.4) is 0 Å². The average Bonchev–Trinajstić information content (AvgIpc) is 2.64. The molecule has 1 fully saturated rings. The van der Waals surface area contributed by atoms with Crippen LogP contribution in [0.5, 0.6) is 0 Å². The molecule has 3 unspecified atom stereocenters. The Morgan fingerprint density at radius 3 is 2.21 bits per heavy atom. The summed E-state index contributed by atoms with van der Waals surface area (Å²) >= 11 is 0. The van der Waals surface area contributed by atoms with Gasteiger partial charge in [-0.1, -0.05) is 34.6 Å². The molecule has 0 bridgehead atoms. The molecule has 0 amide bonds. The summed E-state index contributed by atoms with van der Waals surface area (Å²) in [7, 11) is -1.54. The SMILES string of the molecule is COC(=O)C1C[C@@](C)([C@H](CCS(=O)C(C)(C)C)CC(C)O[Si](C)(C)C(C)(C)C)[C@H](C)CC1=O. The Kier molecular flexibility index (Phi) is 10.2. The summed E-state index contributed by atoms with van der Waals surface area (Å²) in [6.07, 6.45) is 2.54. The zero-order chi connectivity index (χ0) is 26.0. The Bertz CT molecular complexity index is 721. The van der Waals surface area contributed by atoms with E-state index in [2.05, 4.69) is 54.6 Å². The molecule has 0 heterocycles. The predicted molar refractivity (Wildman–Crippen MR) is 140 cm³/mol. The summed E-state index contributed by atoms with van der Waals surface area (Å²) in [5.74, 6) is -0.212. The molecule has 7 heteroatoms. The number of ether oxygens (including phenoxy) is 1. The van der Waals surface area contributed by atoms with Crippen LogP contribution in [0.25, 0.3) is 0 Å². The van der Waals surface area contributed by atoms with Gasteiger partial charge in [0.05, 0.1) is 7.11 Å². The number of carbonyl (C=O) groups is 2. The van der Waals surface area contributed by atoms with E-state index in [-0.39, 0.29) is 38.9 Å². The van der Waals surface area contributed by atoms with E-state index in [1.54, 1.807) is 0 Å². The molecule has 33 heavy (non-hydrogen) atoms. The van der Waals surface area contributed by atoms with Gasteiger partial charge in [-0.05, 0) is 82.3 Å². The number of ketones is 1. The Hall–Kier alpha value is -0.533. The van der Waals surface area contributed by atoms with Crippen LogP contribution in [-0.4, -0.2) is 48.0 Å². The molecule has 1 aliphatic rings. The third-order valence-corrected chi connectivity index (χ3v) is 14.9. The second-order valence-corrected chi connectivity index (χ2v) is 20.0. The smallest absolute Gasteiger partial charge is 0.316 e. The molecule has 0 radical (unpaired) electrons. The van der Waals surface area contributed by atoms with E-state index in [0.717, 1.165) is 12.8 Å². The van der Waals surface area contributed by atoms with Gasteiger partial charge in [-0.15, -0.1) is 0 Å². The normalized spacial score (nSPS) is 27.7. The second kappa shape index (κ2) is 11.0. The highest BCUT2D eigenvalue weighted by Crippen LogP contribution is 2.51. The maximum Gasteiger partial charge on any atom is 0.316 e. The van der Waals surface area contributed by atoms with Crippen molar-refractivity contribution in [2.24, 2.45) is 23.2 Å². The number of carbonyl (C=O) groups excluding carboxylic acids is 2. The zero-order valence-corrected chi connectivity index (χ0v) is 25.1. The van der Waals surface area contributed by atoms with Gasteiger partial charge in [-0.3, -0.25) is 13.8 Å². The lowest BCUT2D eigenvalue weighted by atomic mass is 9.57. The highest BCUT2D eigenvalue weighted by Gasteiger charge is 2.50. The predicted octanol–water partition coefficient (Wildman–Crippen LogP) is 6.13. The fourth-order valence-electron chi connectivity index (χ4n) is 4.76. The Morgan fingerprint density at radius 2 is 1.76 bits per heavy atom. The summed E-state index contributed by atoms with van der Waals surface area (Å²) in [6.45, 7) is 23.8. The maximum atomic E-state index is 12.9. The first kappa shape index (κ1) is 30.5. The summed E-state index contributed by atoms with van der Waals surface area (Å²) in [4.78, 5) is 25.1. The number of hydrogen-bond donors (Lipinski definition) is 0. The maximum absolute atomic E-state index is 12.9. The molecule has 0 aromatic carbocycles. The van der Waals surface area contributed by atoms with Gasteiger partial charge in [-0.2, -0.15) is 0 Å². The van der Waals surface area contributed by atoms with Crippen molar-refractivity contribution >= 4 is 30.9 Å². The lowest BCUT2D eigenvalue weighted by Gasteiger charge is -2.48. The van der Waals surface area contributed by atoms with Crippen molar-refractivity contribution in [3.05, 3.63) is 0 Å². The molecule has 0 aromatic rings. The molecule has 0 spiro atoms. The Balaban J connectivity index is 3.23. The van der Waals surface area contributed by atoms with Crippen molar-refractivity contribution in [3.8, 4) is 0 Å². The van der Waals surface area contributed by atoms with Crippen LogP contribution in [0.15, 0.2) is 0 Å². The van der Waals surface area contributed by atoms with Crippen molar-refractivity contribution in [1.29, 1.82) is 0 Å². The van der Waals surface area contributed by atoms with Crippen LogP contribution < -0.4 is 0 Å². The molecular weight excluding hydrogens is 452 g/mol. The van der Waals surface area contributed by atoms with E-state index < -0.39 is 31.0 Å². The summed E-state index contributed by atoms with van der Waals surface area (Å²) < 4.78 is 24.3. The third-order valence-electron chi connectivity index (χ3n) is 8.34. The lowest BCUT2D eigenvalue weighted by Crippen LogP contribution is -2.48. The Morgan fingerprint density at radius 1 is 1.21 bits per heavy atom. The van der Waals surface area contributed by atoms with E-state index in [9.17, 15) is 13.8 Å². The van der Waals surface area contributed by atoms with Crippen LogP contribution in [-0.2, 0) is 29.6 Å². The third kappa shape index (κ3) is 7.73. The first-order valence-corrected chi connectivity index (χ1v) is 16.7. The average molecular weight is 503 g/mol. The van der Waals surface area contributed by atoms with E-state index in [1.807, 2.05) is 20.8 Å². The molecule has 0 saturated heterocycles. The Labute approximate surface area is 206 Å². The van der Waals surface area contributed by atoms with Crippen molar-refractivity contribution in [1.82, 2.24) is 0 Å². The molecule has 0 N–H and O–H groups in total. The van der Waals surface area contributed by atoms with E-state index in [0.29, 0.717) is 18.6 Å². The van der Waals surface area contributed by atoms with Gasteiger partial charge in [0.25, 0.3) is 0 Å². The van der Waals surface area contributed by atoms with Crippen LogP contribution in [0.1, 0.15) is 88.0 Å². The first-order chi connectivity index (χ1) is 14.8. The quantitative estimate of drug-likeness (QED) is 0.215. The largest absolute Gasteiger partial charge is 0.468 e. The standard InChI is InChI=1S/C26H50O5SSi/c1-18-15-22(27)21(23(28)30-10)17-26(18,9)20(13-14-32(29)24(3,4)5)16-19(2)31-33(11,12)25(6,7)8/h18-21H,13-17H2,1-12H3/t18-,19?,20-,21?,26-,32?/m1/s1. The molecule has 0 aromatic heterocycles. The monoisotopic (exact) mass is 502 g/mol. The second-order valence-electron chi connectivity index (χ2n) is 12.9. The molecule has 1 saturated carbocycles. The van der Waals surface area contributed by atoms with Crippen molar-refractivity contribution in [2.75, 3.05) is 12.9 Å². The number of methoxy groups -OCH3 is 1. The molecule has 6 atom stereocenters. The highest BCUT2D eigenvalue weighted by atomic mass is 32.2. The van der Waals surface area contributed by atoms with Crippen LogP contribution in [0.2, 0.25) is 18.1 Å². The summed E-state index contributed by atoms with van der Waals surface area (Å²) in [5, 5.41) is 0.120. The topological polar surface area (TPSA) is 69.7 Å². The van der Waals surface area contributed by atoms with E-state index >= 15 is 0 Å². The van der Waals surface area contributed by atoms with Crippen molar-refractivity contribution < 1.29 is 23.0 Å². The minimum absolute atomic E-state index is 0.0191. The molecule has 0 aliphatic heterocycles. The molecular formula is C26H50O5SSi. The highest BCUT2D eigenvalue weighted by molar-refractivity contribution is 7.86. The van der Waals surface area contributed by atoms with E-state index in [1.165, 1.54) is 7.11 Å². The van der Waals surface area contributed by atoms with Gasteiger partial charge >= 0.3 is 5.97 Å². The van der Waals surface area contributed by atoms with Gasteiger partial charge < -0.3 is 9.16 Å². The number of esters is 1. The molecule has 1 aliphatic carbocycles. The van der Waals surface area contributed by atoms with Crippen LogP contribution >= 0.6 is 0 Å². The van der Waals surface area contributed by atoms with Gasteiger partial charge in [0.1, 0.15) is 11.7 Å². The minimum Gasteiger partial charge on any atom is -0.468 e. The van der Waals surface area contributed by atoms with Gasteiger partial charge in [0.15, 0.2) is 8.32 Å². The summed E-state index contributed by atoms with van der Waals surface area (Å²) in [6, 6.07) is 0. The summed E-state index contributed by atoms with van der Waals surface area (Å²) in [5.41, 5.74) is -0.236. The molecule has 194 valence electrons. The van der Waals surface area contributed by atoms with Gasteiger partial charge in [0.2, 0.25) is 0 Å². The number of rotatable bonds is 9. The first-order valence-electron chi connectivity index (χ1n) is 12.4. The lowest BCUT2D eigenvalue weighted by molar-refractivity contribution is -0.155. The fraction of sp³-hybridized carbons (Fsp3) is 0.923. The fourth-order valence-corrected chi connectivity index (χ4v) is 7.33. The van der Waals surface area contributed by atoms with Crippen LogP contribution in [0.4, 0.5) is 0 Å². The minimum atomic E-state index is -1.94. The van der Waals surface area contributed by atoms with Crippen molar-refractivity contribution in [3.63, 3.8) is 0 Å². The number of Topliss-reactive ketones (excluding diaryl/α,β-unsaturated/α-hetero) is 1. The van der Waals surface area contributed by atoms with Gasteiger partial charge in [-0.25, -0.2) is 0 Å². The molecule has 1 rings (SSSR count). The molecule has 5 nitrogen and oxygen atoms in total. The number of hydrogen-bond acceptors (Lipinski definition) is 5.